The second kappa shape index (κ2) is 6.74. The van der Waals surface area contributed by atoms with Gasteiger partial charge in [-0.05, 0) is 30.7 Å². The fourth-order valence-corrected chi connectivity index (χ4v) is 3.29. The summed E-state index contributed by atoms with van der Waals surface area (Å²) in [5.41, 5.74) is 0.598. The number of allylic oxidation sites excluding steroid dienone is 1. The van der Waals surface area contributed by atoms with E-state index in [4.69, 9.17) is 0 Å². The van der Waals surface area contributed by atoms with Crippen molar-refractivity contribution in [1.82, 2.24) is 0 Å². The van der Waals surface area contributed by atoms with Crippen LogP contribution in [0.25, 0.3) is 6.08 Å². The molecule has 1 aliphatic carbocycles. The lowest BCUT2D eigenvalue weighted by molar-refractivity contribution is -0.152. The minimum Gasteiger partial charge on any atom is -0.481 e. The Balaban J connectivity index is 2.06. The van der Waals surface area contributed by atoms with Crippen molar-refractivity contribution in [3.63, 3.8) is 0 Å². The van der Waals surface area contributed by atoms with Crippen molar-refractivity contribution in [1.29, 1.82) is 0 Å². The number of rotatable bonds is 5. The third-order valence-electron chi connectivity index (χ3n) is 4.60. The Labute approximate surface area is 121 Å². The van der Waals surface area contributed by atoms with E-state index >= 15 is 0 Å². The largest absolute Gasteiger partial charge is 0.481 e. The van der Waals surface area contributed by atoms with Crippen LogP contribution < -0.4 is 0 Å². The van der Waals surface area contributed by atoms with Gasteiger partial charge in [0.2, 0.25) is 0 Å². The summed E-state index contributed by atoms with van der Waals surface area (Å²) in [5.74, 6) is -0.0432. The Bertz CT molecular complexity index is 464. The number of carboxylic acid groups (broad SMARTS) is 1. The van der Waals surface area contributed by atoms with Gasteiger partial charge in [0.15, 0.2) is 0 Å². The highest BCUT2D eigenvalue weighted by Crippen LogP contribution is 2.43. The van der Waals surface area contributed by atoms with Gasteiger partial charge in [-0.15, -0.1) is 0 Å². The molecule has 1 aromatic carbocycles. The highest BCUT2D eigenvalue weighted by atomic mass is 16.4. The maximum atomic E-state index is 11.7. The van der Waals surface area contributed by atoms with Crippen LogP contribution in [0.2, 0.25) is 0 Å². The molecule has 1 aliphatic rings. The van der Waals surface area contributed by atoms with Crippen LogP contribution in [0.5, 0.6) is 0 Å². The monoisotopic (exact) mass is 272 g/mol. The number of hydrogen-bond donors (Lipinski definition) is 1. The van der Waals surface area contributed by atoms with Crippen LogP contribution in [0.15, 0.2) is 36.4 Å². The molecule has 2 nitrogen and oxygen atoms in total. The van der Waals surface area contributed by atoms with Crippen LogP contribution in [0.4, 0.5) is 0 Å². The Morgan fingerprint density at radius 3 is 2.80 bits per heavy atom. The van der Waals surface area contributed by atoms with E-state index in [1.807, 2.05) is 42.5 Å². The molecule has 2 rings (SSSR count). The van der Waals surface area contributed by atoms with Crippen LogP contribution in [0.3, 0.4) is 0 Å². The van der Waals surface area contributed by atoms with Gasteiger partial charge in [-0.3, -0.25) is 4.79 Å². The molecule has 108 valence electrons. The minimum absolute atomic E-state index is 0.537. The number of carbonyl (C=O) groups is 1. The van der Waals surface area contributed by atoms with Gasteiger partial charge >= 0.3 is 5.97 Å². The first kappa shape index (κ1) is 14.8. The number of hydrogen-bond acceptors (Lipinski definition) is 1. The first-order valence-corrected chi connectivity index (χ1v) is 7.61. The third-order valence-corrected chi connectivity index (χ3v) is 4.60. The van der Waals surface area contributed by atoms with E-state index in [9.17, 15) is 9.90 Å². The molecule has 20 heavy (non-hydrogen) atoms. The first-order chi connectivity index (χ1) is 9.66. The zero-order valence-electron chi connectivity index (χ0n) is 12.2. The van der Waals surface area contributed by atoms with Crippen LogP contribution in [-0.2, 0) is 4.79 Å². The molecule has 0 aromatic heterocycles. The average Bonchev–Trinajstić information content (AvgIpc) is 2.48. The van der Waals surface area contributed by atoms with E-state index in [1.165, 1.54) is 6.42 Å². The van der Waals surface area contributed by atoms with Crippen LogP contribution in [0, 0.1) is 11.3 Å². The first-order valence-electron chi connectivity index (χ1n) is 7.61. The summed E-state index contributed by atoms with van der Waals surface area (Å²) in [4.78, 5) is 11.7. The van der Waals surface area contributed by atoms with Gasteiger partial charge in [-0.1, -0.05) is 68.7 Å². The zero-order chi connectivity index (χ0) is 14.4. The van der Waals surface area contributed by atoms with E-state index in [1.54, 1.807) is 0 Å². The lowest BCUT2D eigenvalue weighted by Crippen LogP contribution is -2.36. The number of aliphatic carboxylic acids is 1. The molecule has 0 aliphatic heterocycles. The van der Waals surface area contributed by atoms with Crippen LogP contribution in [-0.4, -0.2) is 11.1 Å². The van der Waals surface area contributed by atoms with E-state index in [-0.39, 0.29) is 0 Å². The van der Waals surface area contributed by atoms with Crippen molar-refractivity contribution in [3.05, 3.63) is 42.0 Å². The van der Waals surface area contributed by atoms with Gasteiger partial charge in [0.25, 0.3) is 0 Å². The quantitative estimate of drug-likeness (QED) is 0.839. The molecule has 2 unspecified atom stereocenters. The second-order valence-corrected chi connectivity index (χ2v) is 5.97. The van der Waals surface area contributed by atoms with Crippen molar-refractivity contribution < 1.29 is 9.90 Å². The molecule has 0 amide bonds. The molecule has 1 fully saturated rings. The predicted molar refractivity (Wildman–Crippen MR) is 82.4 cm³/mol. The summed E-state index contributed by atoms with van der Waals surface area (Å²) in [7, 11) is 0. The molecule has 0 spiro atoms. The summed E-state index contributed by atoms with van der Waals surface area (Å²) in [6, 6.07) is 10.1. The van der Waals surface area contributed by atoms with Crippen LogP contribution >= 0.6 is 0 Å². The summed E-state index contributed by atoms with van der Waals surface area (Å²) < 4.78 is 0. The fourth-order valence-electron chi connectivity index (χ4n) is 3.29. The molecule has 1 N–H and O–H groups in total. The van der Waals surface area contributed by atoms with Gasteiger partial charge < -0.3 is 5.11 Å². The molecule has 0 saturated heterocycles. The maximum Gasteiger partial charge on any atom is 0.309 e. The average molecular weight is 272 g/mol. The summed E-state index contributed by atoms with van der Waals surface area (Å²) in [6.07, 6.45) is 9.71. The molecule has 0 radical (unpaired) electrons. The lowest BCUT2D eigenvalue weighted by atomic mass is 9.67. The summed E-state index contributed by atoms with van der Waals surface area (Å²) in [5, 5.41) is 9.67. The van der Waals surface area contributed by atoms with Crippen molar-refractivity contribution >= 4 is 12.0 Å². The van der Waals surface area contributed by atoms with E-state index < -0.39 is 11.4 Å². The van der Waals surface area contributed by atoms with Gasteiger partial charge in [0.1, 0.15) is 0 Å². The highest BCUT2D eigenvalue weighted by Gasteiger charge is 2.41. The van der Waals surface area contributed by atoms with E-state index in [0.29, 0.717) is 12.3 Å². The molecule has 1 aromatic rings. The molecule has 2 heteroatoms. The second-order valence-electron chi connectivity index (χ2n) is 5.97. The van der Waals surface area contributed by atoms with Crippen LogP contribution in [0.1, 0.15) is 51.0 Å². The molecule has 1 saturated carbocycles. The van der Waals surface area contributed by atoms with Gasteiger partial charge in [-0.2, -0.15) is 0 Å². The SMILES string of the molecule is CCC1CCCC(CC=Cc2ccccc2)(C(=O)O)C1. The van der Waals surface area contributed by atoms with Gasteiger partial charge in [0.05, 0.1) is 5.41 Å². The third kappa shape index (κ3) is 3.50. The molecule has 2 atom stereocenters. The van der Waals surface area contributed by atoms with Crippen molar-refractivity contribution in [2.24, 2.45) is 11.3 Å². The standard InChI is InChI=1S/C18H24O2/c1-2-15-10-6-12-18(14-15,17(19)20)13-7-11-16-8-4-3-5-9-16/h3-5,7-9,11,15H,2,6,10,12-14H2,1H3,(H,19,20). The van der Waals surface area contributed by atoms with Gasteiger partial charge in [-0.25, -0.2) is 0 Å². The lowest BCUT2D eigenvalue weighted by Gasteiger charge is -2.36. The summed E-state index contributed by atoms with van der Waals surface area (Å²) in [6.45, 7) is 2.17. The van der Waals surface area contributed by atoms with Crippen molar-refractivity contribution in [2.75, 3.05) is 0 Å². The Kier molecular flexibility index (Phi) is 4.99. The molecular formula is C18H24O2. The predicted octanol–water partition coefficient (Wildman–Crippen LogP) is 4.76. The maximum absolute atomic E-state index is 11.7. The zero-order valence-corrected chi connectivity index (χ0v) is 12.2. The van der Waals surface area contributed by atoms with Crippen molar-refractivity contribution in [2.45, 2.75) is 45.4 Å². The Morgan fingerprint density at radius 2 is 2.15 bits per heavy atom. The Hall–Kier alpha value is -1.57. The molecule has 0 bridgehead atoms. The number of carboxylic acids is 1. The smallest absolute Gasteiger partial charge is 0.309 e. The normalized spacial score (nSPS) is 26.8. The highest BCUT2D eigenvalue weighted by molar-refractivity contribution is 5.75. The summed E-state index contributed by atoms with van der Waals surface area (Å²) >= 11 is 0. The Morgan fingerprint density at radius 1 is 1.40 bits per heavy atom. The van der Waals surface area contributed by atoms with Crippen molar-refractivity contribution in [3.8, 4) is 0 Å². The molecule has 0 heterocycles. The van der Waals surface area contributed by atoms with E-state index in [0.717, 1.165) is 31.2 Å². The minimum atomic E-state index is -0.617. The topological polar surface area (TPSA) is 37.3 Å². The fraction of sp³-hybridized carbons (Fsp3) is 0.500. The van der Waals surface area contributed by atoms with Gasteiger partial charge in [0, 0.05) is 0 Å². The number of benzene rings is 1. The molecular weight excluding hydrogens is 248 g/mol. The van der Waals surface area contributed by atoms with E-state index in [2.05, 4.69) is 6.92 Å².